The van der Waals surface area contributed by atoms with Gasteiger partial charge in [0.1, 0.15) is 0 Å². The second-order valence-electron chi connectivity index (χ2n) is 5.39. The van der Waals surface area contributed by atoms with Gasteiger partial charge in [0.15, 0.2) is 0 Å². The number of hydrogen-bond acceptors (Lipinski definition) is 2. The molecule has 1 aliphatic carbocycles. The summed E-state index contributed by atoms with van der Waals surface area (Å²) in [5.41, 5.74) is 1.52. The molecule has 0 amide bonds. The molecule has 2 nitrogen and oxygen atoms in total. The number of nitrogens with one attached hydrogen (secondary N) is 1. The Morgan fingerprint density at radius 1 is 1.05 bits per heavy atom. The zero-order valence-electron chi connectivity index (χ0n) is 11.3. The topological polar surface area (TPSA) is 15.3 Å². The minimum Gasteiger partial charge on any atom is -0.314 e. The van der Waals surface area contributed by atoms with E-state index in [1.165, 1.54) is 37.9 Å². The fourth-order valence-electron chi connectivity index (χ4n) is 2.83. The van der Waals surface area contributed by atoms with Crippen molar-refractivity contribution in [1.29, 1.82) is 0 Å². The van der Waals surface area contributed by atoms with E-state index in [0.717, 1.165) is 19.0 Å². The highest BCUT2D eigenvalue weighted by molar-refractivity contribution is 5.85. The first-order valence-electron chi connectivity index (χ1n) is 6.93. The van der Waals surface area contributed by atoms with E-state index in [2.05, 4.69) is 40.5 Å². The van der Waals surface area contributed by atoms with Gasteiger partial charge in [-0.15, -0.1) is 24.8 Å². The molecule has 0 aromatic heterocycles. The highest BCUT2D eigenvalue weighted by Crippen LogP contribution is 2.40. The van der Waals surface area contributed by atoms with E-state index in [9.17, 15) is 0 Å². The average molecular weight is 303 g/mol. The lowest BCUT2D eigenvalue weighted by molar-refractivity contribution is 0.160. The Labute approximate surface area is 128 Å². The van der Waals surface area contributed by atoms with E-state index in [0.29, 0.717) is 6.04 Å². The van der Waals surface area contributed by atoms with Crippen LogP contribution in [0.25, 0.3) is 0 Å². The molecular weight excluding hydrogens is 279 g/mol. The predicted octanol–water partition coefficient (Wildman–Crippen LogP) is 3.28. The van der Waals surface area contributed by atoms with Crippen molar-refractivity contribution in [3.8, 4) is 0 Å². The van der Waals surface area contributed by atoms with Crippen molar-refractivity contribution in [3.63, 3.8) is 0 Å². The van der Waals surface area contributed by atoms with Crippen LogP contribution in [0.3, 0.4) is 0 Å². The molecule has 0 bridgehead atoms. The minimum absolute atomic E-state index is 0. The van der Waals surface area contributed by atoms with Gasteiger partial charge in [-0.1, -0.05) is 43.2 Å². The third-order valence-electron chi connectivity index (χ3n) is 4.03. The Morgan fingerprint density at radius 2 is 1.68 bits per heavy atom. The number of benzene rings is 1. The maximum Gasteiger partial charge on any atom is 0.0351 e. The summed E-state index contributed by atoms with van der Waals surface area (Å²) in [4.78, 5) is 2.67. The molecule has 0 unspecified atom stereocenters. The number of hydrogen-bond donors (Lipinski definition) is 1. The molecule has 3 rings (SSSR count). The van der Waals surface area contributed by atoms with Gasteiger partial charge in [-0.3, -0.25) is 4.90 Å². The van der Waals surface area contributed by atoms with Crippen LogP contribution >= 0.6 is 24.8 Å². The third kappa shape index (κ3) is 4.64. The molecule has 4 heteroatoms. The van der Waals surface area contributed by atoms with Gasteiger partial charge in [-0.2, -0.15) is 0 Å². The molecule has 0 radical (unpaired) electrons. The number of piperazine rings is 1. The smallest absolute Gasteiger partial charge is 0.0351 e. The number of nitrogens with zero attached hydrogens (tertiary/aromatic N) is 1. The van der Waals surface area contributed by atoms with E-state index in [1.54, 1.807) is 0 Å². The fourth-order valence-corrected chi connectivity index (χ4v) is 2.83. The standard InChI is InChI=1S/C15H22N2.2ClH/c1-2-4-14(5-3-1)15(12-13-6-7-13)17-10-8-16-9-11-17;;/h1-5,13,15-16H,6-12H2;2*1H/t15-;;/m1../s1. The first-order chi connectivity index (χ1) is 8.43. The molecule has 2 fully saturated rings. The van der Waals surface area contributed by atoms with Crippen LogP contribution in [0, 0.1) is 5.92 Å². The molecule has 1 saturated carbocycles. The molecule has 1 aromatic carbocycles. The zero-order chi connectivity index (χ0) is 11.5. The number of rotatable bonds is 4. The van der Waals surface area contributed by atoms with Gasteiger partial charge in [-0.05, 0) is 17.9 Å². The molecule has 1 aliphatic heterocycles. The van der Waals surface area contributed by atoms with Crippen molar-refractivity contribution in [1.82, 2.24) is 10.2 Å². The Morgan fingerprint density at radius 3 is 2.26 bits per heavy atom. The molecule has 1 aromatic rings. The largest absolute Gasteiger partial charge is 0.314 e. The summed E-state index contributed by atoms with van der Waals surface area (Å²) in [6.07, 6.45) is 4.27. The Bertz CT molecular complexity index is 348. The summed E-state index contributed by atoms with van der Waals surface area (Å²) in [5, 5.41) is 3.45. The molecule has 1 atom stereocenters. The van der Waals surface area contributed by atoms with Crippen molar-refractivity contribution in [2.45, 2.75) is 25.3 Å². The second kappa shape index (κ2) is 8.11. The van der Waals surface area contributed by atoms with Gasteiger partial charge in [0.2, 0.25) is 0 Å². The summed E-state index contributed by atoms with van der Waals surface area (Å²) in [6.45, 7) is 4.70. The molecule has 1 heterocycles. The summed E-state index contributed by atoms with van der Waals surface area (Å²) in [7, 11) is 0. The summed E-state index contributed by atoms with van der Waals surface area (Å²) in [6, 6.07) is 11.7. The first-order valence-corrected chi connectivity index (χ1v) is 6.93. The van der Waals surface area contributed by atoms with Crippen molar-refractivity contribution in [2.24, 2.45) is 5.92 Å². The van der Waals surface area contributed by atoms with E-state index >= 15 is 0 Å². The normalized spacial score (nSPS) is 21.1. The lowest BCUT2D eigenvalue weighted by atomic mass is 9.99. The molecular formula is C15H24Cl2N2. The van der Waals surface area contributed by atoms with Crippen molar-refractivity contribution < 1.29 is 0 Å². The maximum absolute atomic E-state index is 3.45. The minimum atomic E-state index is 0. The van der Waals surface area contributed by atoms with Crippen molar-refractivity contribution in [3.05, 3.63) is 35.9 Å². The fraction of sp³-hybridized carbons (Fsp3) is 0.600. The average Bonchev–Trinajstić information content (AvgIpc) is 3.22. The summed E-state index contributed by atoms with van der Waals surface area (Å²) in [5.74, 6) is 0.995. The van der Waals surface area contributed by atoms with Gasteiger partial charge < -0.3 is 5.32 Å². The Hall–Kier alpha value is -0.280. The van der Waals surface area contributed by atoms with Gasteiger partial charge in [0.05, 0.1) is 0 Å². The van der Waals surface area contributed by atoms with Crippen LogP contribution in [0.15, 0.2) is 30.3 Å². The second-order valence-corrected chi connectivity index (χ2v) is 5.39. The van der Waals surface area contributed by atoms with Crippen LogP contribution in [-0.4, -0.2) is 31.1 Å². The lowest BCUT2D eigenvalue weighted by Crippen LogP contribution is -2.45. The van der Waals surface area contributed by atoms with Gasteiger partial charge in [0, 0.05) is 32.2 Å². The highest BCUT2D eigenvalue weighted by atomic mass is 35.5. The maximum atomic E-state index is 3.45. The SMILES string of the molecule is Cl.Cl.c1ccc([C@@H](CC2CC2)N2CCNCC2)cc1. The van der Waals surface area contributed by atoms with Gasteiger partial charge in [-0.25, -0.2) is 0 Å². The van der Waals surface area contributed by atoms with Crippen LogP contribution in [0.5, 0.6) is 0 Å². The van der Waals surface area contributed by atoms with Gasteiger partial charge >= 0.3 is 0 Å². The van der Waals surface area contributed by atoms with Crippen LogP contribution in [0.2, 0.25) is 0 Å². The highest BCUT2D eigenvalue weighted by Gasteiger charge is 2.30. The summed E-state index contributed by atoms with van der Waals surface area (Å²) >= 11 is 0. The first kappa shape index (κ1) is 16.8. The van der Waals surface area contributed by atoms with E-state index in [1.807, 2.05) is 0 Å². The van der Waals surface area contributed by atoms with E-state index < -0.39 is 0 Å². The summed E-state index contributed by atoms with van der Waals surface area (Å²) < 4.78 is 0. The molecule has 1 N–H and O–H groups in total. The molecule has 108 valence electrons. The Kier molecular flexibility index (Phi) is 7.16. The lowest BCUT2D eigenvalue weighted by Gasteiger charge is -2.35. The molecule has 0 spiro atoms. The van der Waals surface area contributed by atoms with Crippen molar-refractivity contribution >= 4 is 24.8 Å². The quantitative estimate of drug-likeness (QED) is 0.918. The van der Waals surface area contributed by atoms with Crippen LogP contribution in [0.1, 0.15) is 30.9 Å². The van der Waals surface area contributed by atoms with Crippen LogP contribution in [0.4, 0.5) is 0 Å². The molecule has 1 saturated heterocycles. The van der Waals surface area contributed by atoms with Crippen LogP contribution < -0.4 is 5.32 Å². The van der Waals surface area contributed by atoms with E-state index in [-0.39, 0.29) is 24.8 Å². The third-order valence-corrected chi connectivity index (χ3v) is 4.03. The monoisotopic (exact) mass is 302 g/mol. The van der Waals surface area contributed by atoms with Crippen LogP contribution in [-0.2, 0) is 0 Å². The zero-order valence-corrected chi connectivity index (χ0v) is 12.9. The predicted molar refractivity (Wildman–Crippen MR) is 85.5 cm³/mol. The number of halogens is 2. The van der Waals surface area contributed by atoms with Gasteiger partial charge in [0.25, 0.3) is 0 Å². The van der Waals surface area contributed by atoms with Crippen molar-refractivity contribution in [2.75, 3.05) is 26.2 Å². The van der Waals surface area contributed by atoms with E-state index in [4.69, 9.17) is 0 Å². The molecule has 2 aliphatic rings. The molecule has 19 heavy (non-hydrogen) atoms. The Balaban J connectivity index is 0.000000902.